The van der Waals surface area contributed by atoms with E-state index >= 15 is 0 Å². The molecule has 26 heavy (non-hydrogen) atoms. The third kappa shape index (κ3) is 3.96. The molecule has 0 atom stereocenters. The summed E-state index contributed by atoms with van der Waals surface area (Å²) in [5.74, 6) is 0.274. The maximum Gasteiger partial charge on any atom is 0.337 e. The first-order chi connectivity index (χ1) is 12.6. The van der Waals surface area contributed by atoms with Crippen LogP contribution in [-0.4, -0.2) is 37.0 Å². The number of amides is 1. The van der Waals surface area contributed by atoms with Crippen molar-refractivity contribution >= 4 is 11.9 Å². The lowest BCUT2D eigenvalue weighted by Crippen LogP contribution is -2.39. The Bertz CT molecular complexity index is 747. The van der Waals surface area contributed by atoms with Crippen molar-refractivity contribution in [3.8, 4) is 0 Å². The zero-order valence-corrected chi connectivity index (χ0v) is 15.4. The fraction of sp³-hybridized carbons (Fsp3) is 0.364. The van der Waals surface area contributed by atoms with Crippen LogP contribution in [0, 0.1) is 0 Å². The van der Waals surface area contributed by atoms with E-state index in [4.69, 9.17) is 4.74 Å². The molecule has 0 aromatic heterocycles. The van der Waals surface area contributed by atoms with Crippen LogP contribution in [0.15, 0.2) is 54.6 Å². The second kappa shape index (κ2) is 8.17. The summed E-state index contributed by atoms with van der Waals surface area (Å²) in [7, 11) is 3.30. The first-order valence-electron chi connectivity index (χ1n) is 9.10. The van der Waals surface area contributed by atoms with Crippen LogP contribution in [0.3, 0.4) is 0 Å². The highest BCUT2D eigenvalue weighted by molar-refractivity contribution is 5.94. The van der Waals surface area contributed by atoms with Crippen LogP contribution in [0.25, 0.3) is 0 Å². The quantitative estimate of drug-likeness (QED) is 0.773. The smallest absolute Gasteiger partial charge is 0.337 e. The van der Waals surface area contributed by atoms with Crippen LogP contribution in [0.4, 0.5) is 0 Å². The van der Waals surface area contributed by atoms with Gasteiger partial charge in [0.1, 0.15) is 0 Å². The SMILES string of the molecule is COC(=O)c1ccc(C2CCC(N(C)C(=O)c3ccccc3)CC2)cc1. The molecule has 0 bridgehead atoms. The predicted octanol–water partition coefficient (Wildman–Crippen LogP) is 4.27. The first-order valence-corrected chi connectivity index (χ1v) is 9.10. The number of benzene rings is 2. The summed E-state index contributed by atoms with van der Waals surface area (Å²) in [6.45, 7) is 0. The summed E-state index contributed by atoms with van der Waals surface area (Å²) in [6.07, 6.45) is 4.10. The molecule has 136 valence electrons. The van der Waals surface area contributed by atoms with Gasteiger partial charge in [0.05, 0.1) is 12.7 Å². The van der Waals surface area contributed by atoms with Crippen molar-refractivity contribution < 1.29 is 14.3 Å². The lowest BCUT2D eigenvalue weighted by molar-refractivity contribution is 0.0600. The van der Waals surface area contributed by atoms with Crippen molar-refractivity contribution in [1.29, 1.82) is 0 Å². The Kier molecular flexibility index (Phi) is 5.71. The minimum Gasteiger partial charge on any atom is -0.465 e. The molecule has 4 heteroatoms. The van der Waals surface area contributed by atoms with Crippen molar-refractivity contribution in [3.63, 3.8) is 0 Å². The Morgan fingerprint density at radius 1 is 0.885 bits per heavy atom. The van der Waals surface area contributed by atoms with E-state index in [0.717, 1.165) is 31.2 Å². The van der Waals surface area contributed by atoms with Gasteiger partial charge in [0, 0.05) is 18.7 Å². The largest absolute Gasteiger partial charge is 0.465 e. The number of nitrogens with zero attached hydrogens (tertiary/aromatic N) is 1. The molecule has 1 amide bonds. The topological polar surface area (TPSA) is 46.6 Å². The van der Waals surface area contributed by atoms with Crippen LogP contribution in [0.2, 0.25) is 0 Å². The first kappa shape index (κ1) is 18.2. The molecule has 0 N–H and O–H groups in total. The Morgan fingerprint density at radius 2 is 1.50 bits per heavy atom. The van der Waals surface area contributed by atoms with E-state index in [0.29, 0.717) is 11.5 Å². The van der Waals surface area contributed by atoms with Crippen LogP contribution >= 0.6 is 0 Å². The second-order valence-electron chi connectivity index (χ2n) is 6.90. The molecule has 0 aliphatic heterocycles. The minimum absolute atomic E-state index is 0.0940. The highest BCUT2D eigenvalue weighted by Gasteiger charge is 2.27. The van der Waals surface area contributed by atoms with Gasteiger partial charge in [-0.25, -0.2) is 4.79 Å². The average molecular weight is 351 g/mol. The highest BCUT2D eigenvalue weighted by Crippen LogP contribution is 2.35. The Labute approximate surface area is 154 Å². The minimum atomic E-state index is -0.304. The third-order valence-electron chi connectivity index (χ3n) is 5.39. The molecular weight excluding hydrogens is 326 g/mol. The molecule has 0 radical (unpaired) electrons. The van der Waals surface area contributed by atoms with Crippen LogP contribution in [0.1, 0.15) is 57.9 Å². The molecule has 1 fully saturated rings. The zero-order chi connectivity index (χ0) is 18.5. The van der Waals surface area contributed by atoms with Gasteiger partial charge in [-0.1, -0.05) is 30.3 Å². The van der Waals surface area contributed by atoms with Crippen molar-refractivity contribution in [2.24, 2.45) is 0 Å². The van der Waals surface area contributed by atoms with E-state index in [2.05, 4.69) is 0 Å². The summed E-state index contributed by atoms with van der Waals surface area (Å²) in [5.41, 5.74) is 2.58. The number of rotatable bonds is 4. The molecule has 0 unspecified atom stereocenters. The van der Waals surface area contributed by atoms with Gasteiger partial charge in [0.2, 0.25) is 0 Å². The highest BCUT2D eigenvalue weighted by atomic mass is 16.5. The summed E-state index contributed by atoms with van der Waals surface area (Å²) in [6, 6.07) is 17.5. The fourth-order valence-electron chi connectivity index (χ4n) is 3.76. The monoisotopic (exact) mass is 351 g/mol. The summed E-state index contributed by atoms with van der Waals surface area (Å²) >= 11 is 0. The van der Waals surface area contributed by atoms with E-state index in [1.807, 2.05) is 66.5 Å². The lowest BCUT2D eigenvalue weighted by Gasteiger charge is -2.35. The fourth-order valence-corrected chi connectivity index (χ4v) is 3.76. The molecule has 2 aromatic rings. The number of esters is 1. The van der Waals surface area contributed by atoms with E-state index in [1.165, 1.54) is 12.7 Å². The second-order valence-corrected chi connectivity index (χ2v) is 6.90. The molecule has 1 saturated carbocycles. The number of hydrogen-bond donors (Lipinski definition) is 0. The van der Waals surface area contributed by atoms with Crippen LogP contribution in [0.5, 0.6) is 0 Å². The Balaban J connectivity index is 1.58. The van der Waals surface area contributed by atoms with Crippen LogP contribution < -0.4 is 0 Å². The van der Waals surface area contributed by atoms with E-state index in [-0.39, 0.29) is 17.9 Å². The molecule has 0 heterocycles. The standard InChI is InChI=1S/C22H25NO3/c1-23(21(24)18-6-4-3-5-7-18)20-14-12-17(13-15-20)16-8-10-19(11-9-16)22(25)26-2/h3-11,17,20H,12-15H2,1-2H3. The predicted molar refractivity (Wildman–Crippen MR) is 101 cm³/mol. The molecule has 1 aliphatic carbocycles. The van der Waals surface area contributed by atoms with Gasteiger partial charge in [-0.05, 0) is 61.4 Å². The van der Waals surface area contributed by atoms with E-state index in [9.17, 15) is 9.59 Å². The van der Waals surface area contributed by atoms with E-state index in [1.54, 1.807) is 0 Å². The van der Waals surface area contributed by atoms with Gasteiger partial charge in [-0.15, -0.1) is 0 Å². The van der Waals surface area contributed by atoms with Gasteiger partial charge in [-0.3, -0.25) is 4.79 Å². The van der Waals surface area contributed by atoms with Gasteiger partial charge < -0.3 is 9.64 Å². The van der Waals surface area contributed by atoms with Gasteiger partial charge >= 0.3 is 5.97 Å². The summed E-state index contributed by atoms with van der Waals surface area (Å²) in [5, 5.41) is 0. The Morgan fingerprint density at radius 3 is 2.08 bits per heavy atom. The molecule has 3 rings (SSSR count). The van der Waals surface area contributed by atoms with Crippen LogP contribution in [-0.2, 0) is 4.74 Å². The lowest BCUT2D eigenvalue weighted by atomic mass is 9.81. The number of carbonyl (C=O) groups is 2. The van der Waals surface area contributed by atoms with Gasteiger partial charge in [0.25, 0.3) is 5.91 Å². The van der Waals surface area contributed by atoms with Crippen molar-refractivity contribution in [2.75, 3.05) is 14.2 Å². The van der Waals surface area contributed by atoms with Gasteiger partial charge in [-0.2, -0.15) is 0 Å². The maximum absolute atomic E-state index is 12.6. The summed E-state index contributed by atoms with van der Waals surface area (Å²) < 4.78 is 4.74. The third-order valence-corrected chi connectivity index (χ3v) is 5.39. The molecule has 2 aromatic carbocycles. The molecule has 0 spiro atoms. The molecular formula is C22H25NO3. The van der Waals surface area contributed by atoms with Crippen molar-refractivity contribution in [2.45, 2.75) is 37.6 Å². The van der Waals surface area contributed by atoms with E-state index < -0.39 is 0 Å². The molecule has 4 nitrogen and oxygen atoms in total. The number of hydrogen-bond acceptors (Lipinski definition) is 3. The van der Waals surface area contributed by atoms with Crippen molar-refractivity contribution in [3.05, 3.63) is 71.3 Å². The van der Waals surface area contributed by atoms with Crippen molar-refractivity contribution in [1.82, 2.24) is 4.90 Å². The number of methoxy groups -OCH3 is 1. The average Bonchev–Trinajstić information content (AvgIpc) is 2.73. The number of ether oxygens (including phenoxy) is 1. The van der Waals surface area contributed by atoms with Gasteiger partial charge in [0.15, 0.2) is 0 Å². The zero-order valence-electron chi connectivity index (χ0n) is 15.4. The Hall–Kier alpha value is -2.62. The normalized spacial score (nSPS) is 19.6. The summed E-state index contributed by atoms with van der Waals surface area (Å²) in [4.78, 5) is 26.0. The molecule has 0 saturated heterocycles. The molecule has 1 aliphatic rings. The number of carbonyl (C=O) groups excluding carboxylic acids is 2. The maximum atomic E-state index is 12.6.